The number of hydrogen-bond acceptors (Lipinski definition) is 3. The van der Waals surface area contributed by atoms with E-state index in [1.165, 1.54) is 0 Å². The van der Waals surface area contributed by atoms with Crippen LogP contribution in [0.25, 0.3) is 11.6 Å². The van der Waals surface area contributed by atoms with Gasteiger partial charge in [-0.15, -0.1) is 0 Å². The first-order valence-corrected chi connectivity index (χ1v) is 6.00. The first kappa shape index (κ1) is 11.5. The van der Waals surface area contributed by atoms with E-state index in [9.17, 15) is 4.79 Å². The van der Waals surface area contributed by atoms with Crippen molar-refractivity contribution >= 4 is 28.9 Å². The van der Waals surface area contributed by atoms with E-state index in [2.05, 4.69) is 15.3 Å². The largest absolute Gasteiger partial charge is 0.398 e. The molecule has 1 aliphatic heterocycles. The molecule has 2 aromatic rings. The molecule has 0 spiro atoms. The molecular formula is C14H14N4O. The van der Waals surface area contributed by atoms with E-state index in [1.54, 1.807) is 12.4 Å². The Bertz CT molecular complexity index is 712. The average Bonchev–Trinajstić information content (AvgIpc) is 2.91. The van der Waals surface area contributed by atoms with Gasteiger partial charge in [0, 0.05) is 16.9 Å². The molecule has 1 aromatic heterocycles. The first-order chi connectivity index (χ1) is 9.08. The number of nitrogens with two attached hydrogens (primary N) is 1. The highest BCUT2D eigenvalue weighted by Gasteiger charge is 2.27. The lowest BCUT2D eigenvalue weighted by molar-refractivity contribution is -0.110. The topological polar surface area (TPSA) is 83.8 Å². The van der Waals surface area contributed by atoms with Crippen LogP contribution in [-0.2, 0) is 4.79 Å². The van der Waals surface area contributed by atoms with Crippen LogP contribution in [0.3, 0.4) is 0 Å². The van der Waals surface area contributed by atoms with Crippen molar-refractivity contribution in [3.63, 3.8) is 0 Å². The molecular weight excluding hydrogens is 240 g/mol. The predicted molar refractivity (Wildman–Crippen MR) is 75.4 cm³/mol. The molecule has 0 aliphatic carbocycles. The molecule has 1 aliphatic rings. The number of anilines is 2. The molecule has 19 heavy (non-hydrogen) atoms. The Kier molecular flexibility index (Phi) is 2.41. The standard InChI is InChI=1S/C14H14N4O/c1-7-3-4-10-12(13(7)15)9(14(19)18-10)5-11-8(2)16-6-17-11/h3-6H,15H2,1-2H3,(H,16,17)(H,18,19)/b9-5-. The maximum atomic E-state index is 12.1. The van der Waals surface area contributed by atoms with E-state index in [-0.39, 0.29) is 5.91 Å². The van der Waals surface area contributed by atoms with E-state index in [0.29, 0.717) is 11.3 Å². The monoisotopic (exact) mass is 254 g/mol. The summed E-state index contributed by atoms with van der Waals surface area (Å²) in [4.78, 5) is 19.2. The van der Waals surface area contributed by atoms with Crippen LogP contribution in [0.5, 0.6) is 0 Å². The highest BCUT2D eigenvalue weighted by Crippen LogP contribution is 2.38. The number of benzene rings is 1. The maximum absolute atomic E-state index is 12.1. The Labute approximate surface area is 110 Å². The summed E-state index contributed by atoms with van der Waals surface area (Å²) in [6, 6.07) is 3.77. The molecule has 3 rings (SSSR count). The fourth-order valence-electron chi connectivity index (χ4n) is 2.21. The van der Waals surface area contributed by atoms with Crippen molar-refractivity contribution in [1.82, 2.24) is 9.97 Å². The molecule has 96 valence electrons. The number of fused-ring (bicyclic) bond motifs is 1. The summed E-state index contributed by atoms with van der Waals surface area (Å²) in [7, 11) is 0. The Morgan fingerprint density at radius 2 is 2.11 bits per heavy atom. The quantitative estimate of drug-likeness (QED) is 0.538. The smallest absolute Gasteiger partial charge is 0.256 e. The normalized spacial score (nSPS) is 15.7. The van der Waals surface area contributed by atoms with E-state index < -0.39 is 0 Å². The van der Waals surface area contributed by atoms with Gasteiger partial charge in [0.15, 0.2) is 0 Å². The van der Waals surface area contributed by atoms with Gasteiger partial charge in [-0.25, -0.2) is 4.98 Å². The van der Waals surface area contributed by atoms with Crippen molar-refractivity contribution in [1.29, 1.82) is 0 Å². The average molecular weight is 254 g/mol. The van der Waals surface area contributed by atoms with Gasteiger partial charge in [-0.05, 0) is 31.6 Å². The fourth-order valence-corrected chi connectivity index (χ4v) is 2.21. The number of aryl methyl sites for hydroxylation is 2. The number of rotatable bonds is 1. The van der Waals surface area contributed by atoms with Crippen molar-refractivity contribution < 1.29 is 4.79 Å². The zero-order chi connectivity index (χ0) is 13.6. The number of imidazole rings is 1. The van der Waals surface area contributed by atoms with Crippen LogP contribution in [0.1, 0.15) is 22.5 Å². The SMILES string of the molecule is Cc1ccc2c(c1N)/C(=C/c1nc[nH]c1C)C(=O)N2. The lowest BCUT2D eigenvalue weighted by Gasteiger charge is -2.06. The van der Waals surface area contributed by atoms with Crippen LogP contribution >= 0.6 is 0 Å². The number of nitrogens with zero attached hydrogens (tertiary/aromatic N) is 1. The van der Waals surface area contributed by atoms with Crippen LogP contribution in [0.2, 0.25) is 0 Å². The molecule has 1 amide bonds. The van der Waals surface area contributed by atoms with Crippen molar-refractivity contribution in [2.24, 2.45) is 0 Å². The molecule has 0 saturated carbocycles. The highest BCUT2D eigenvalue weighted by atomic mass is 16.2. The van der Waals surface area contributed by atoms with E-state index in [4.69, 9.17) is 5.73 Å². The second-order valence-electron chi connectivity index (χ2n) is 4.64. The van der Waals surface area contributed by atoms with Crippen molar-refractivity contribution in [2.75, 3.05) is 11.1 Å². The lowest BCUT2D eigenvalue weighted by Crippen LogP contribution is -2.03. The third kappa shape index (κ3) is 1.71. The van der Waals surface area contributed by atoms with Gasteiger partial charge in [0.1, 0.15) is 0 Å². The van der Waals surface area contributed by atoms with E-state index >= 15 is 0 Å². The number of nitrogens with one attached hydrogen (secondary N) is 2. The van der Waals surface area contributed by atoms with Gasteiger partial charge in [-0.1, -0.05) is 6.07 Å². The summed E-state index contributed by atoms with van der Waals surface area (Å²) in [5.41, 5.74) is 11.4. The van der Waals surface area contributed by atoms with Crippen LogP contribution < -0.4 is 11.1 Å². The van der Waals surface area contributed by atoms with Crippen molar-refractivity contribution in [3.05, 3.63) is 41.0 Å². The maximum Gasteiger partial charge on any atom is 0.256 e. The highest BCUT2D eigenvalue weighted by molar-refractivity contribution is 6.36. The number of amides is 1. The summed E-state index contributed by atoms with van der Waals surface area (Å²) >= 11 is 0. The number of nitrogen functional groups attached to an aromatic ring is 1. The van der Waals surface area contributed by atoms with Crippen LogP contribution in [0, 0.1) is 13.8 Å². The molecule has 0 bridgehead atoms. The summed E-state index contributed by atoms with van der Waals surface area (Å²) < 4.78 is 0. The van der Waals surface area contributed by atoms with Gasteiger partial charge in [0.05, 0.1) is 23.3 Å². The molecule has 0 unspecified atom stereocenters. The number of carbonyl (C=O) groups excluding carboxylic acids is 1. The Hall–Kier alpha value is -2.56. The van der Waals surface area contributed by atoms with E-state index in [0.717, 1.165) is 28.2 Å². The Morgan fingerprint density at radius 1 is 1.32 bits per heavy atom. The predicted octanol–water partition coefficient (Wildman–Crippen LogP) is 2.10. The lowest BCUT2D eigenvalue weighted by atomic mass is 10.0. The zero-order valence-electron chi connectivity index (χ0n) is 10.7. The minimum atomic E-state index is -0.144. The molecule has 1 aromatic carbocycles. The molecule has 5 nitrogen and oxygen atoms in total. The van der Waals surface area contributed by atoms with Crippen molar-refractivity contribution in [2.45, 2.75) is 13.8 Å². The fraction of sp³-hybridized carbons (Fsp3) is 0.143. The summed E-state index contributed by atoms with van der Waals surface area (Å²) in [5.74, 6) is -0.144. The molecule has 0 radical (unpaired) electrons. The molecule has 2 heterocycles. The second-order valence-corrected chi connectivity index (χ2v) is 4.64. The molecule has 4 N–H and O–H groups in total. The summed E-state index contributed by atoms with van der Waals surface area (Å²) in [6.07, 6.45) is 3.37. The van der Waals surface area contributed by atoms with Gasteiger partial charge in [-0.2, -0.15) is 0 Å². The number of carbonyl (C=O) groups is 1. The van der Waals surface area contributed by atoms with Crippen molar-refractivity contribution in [3.8, 4) is 0 Å². The second kappa shape index (κ2) is 3.98. The molecule has 0 saturated heterocycles. The Morgan fingerprint density at radius 3 is 2.79 bits per heavy atom. The minimum Gasteiger partial charge on any atom is -0.398 e. The number of aromatic amines is 1. The van der Waals surface area contributed by atoms with Crippen LogP contribution in [0.15, 0.2) is 18.5 Å². The number of H-pyrrole nitrogens is 1. The van der Waals surface area contributed by atoms with Gasteiger partial charge in [-0.3, -0.25) is 4.79 Å². The van der Waals surface area contributed by atoms with Gasteiger partial charge in [0.2, 0.25) is 0 Å². The molecule has 5 heteroatoms. The van der Waals surface area contributed by atoms with Gasteiger partial charge < -0.3 is 16.0 Å². The summed E-state index contributed by atoms with van der Waals surface area (Å²) in [5, 5.41) is 2.82. The van der Waals surface area contributed by atoms with Crippen LogP contribution in [-0.4, -0.2) is 15.9 Å². The zero-order valence-corrected chi connectivity index (χ0v) is 10.7. The first-order valence-electron chi connectivity index (χ1n) is 6.00. The van der Waals surface area contributed by atoms with E-state index in [1.807, 2.05) is 26.0 Å². The van der Waals surface area contributed by atoms with Gasteiger partial charge in [0.25, 0.3) is 5.91 Å². The Balaban J connectivity index is 2.21. The third-order valence-corrected chi connectivity index (χ3v) is 3.38. The van der Waals surface area contributed by atoms with Crippen LogP contribution in [0.4, 0.5) is 11.4 Å². The third-order valence-electron chi connectivity index (χ3n) is 3.38. The number of aromatic nitrogens is 2. The minimum absolute atomic E-state index is 0.144. The summed E-state index contributed by atoms with van der Waals surface area (Å²) in [6.45, 7) is 3.84. The van der Waals surface area contributed by atoms with Gasteiger partial charge >= 0.3 is 0 Å². The number of hydrogen-bond donors (Lipinski definition) is 3. The molecule has 0 atom stereocenters. The molecule has 0 fully saturated rings.